The summed E-state index contributed by atoms with van der Waals surface area (Å²) in [6.07, 6.45) is -0.943. The van der Waals surface area contributed by atoms with E-state index in [0.717, 1.165) is 5.56 Å². The molecule has 0 radical (unpaired) electrons. The molecule has 2 aromatic carbocycles. The molecule has 1 heterocycles. The molecule has 5 heteroatoms. The third kappa shape index (κ3) is 3.87. The van der Waals surface area contributed by atoms with Crippen LogP contribution in [0.1, 0.15) is 30.9 Å². The van der Waals surface area contributed by atoms with Gasteiger partial charge in [0.15, 0.2) is 0 Å². The number of hydrogen-bond acceptors (Lipinski definition) is 5. The van der Waals surface area contributed by atoms with E-state index in [1.54, 1.807) is 13.8 Å². The normalized spacial score (nSPS) is 18.7. The number of carbonyl (C=O) groups is 2. The predicted octanol–water partition coefficient (Wildman–Crippen LogP) is 3.71. The van der Waals surface area contributed by atoms with Crippen molar-refractivity contribution in [3.05, 3.63) is 77.4 Å². The molecule has 0 bridgehead atoms. The number of ether oxygens (including phenoxy) is 3. The van der Waals surface area contributed by atoms with Crippen molar-refractivity contribution in [2.75, 3.05) is 13.2 Å². The second-order valence-electron chi connectivity index (χ2n) is 6.01. The minimum absolute atomic E-state index is 0.232. The molecule has 140 valence electrons. The molecular weight excluding hydrogens is 344 g/mol. The summed E-state index contributed by atoms with van der Waals surface area (Å²) in [6, 6.07) is 18.6. The monoisotopic (exact) mass is 366 g/mol. The van der Waals surface area contributed by atoms with Crippen LogP contribution in [0.15, 0.2) is 66.2 Å². The molecule has 2 atom stereocenters. The Morgan fingerprint density at radius 2 is 1.48 bits per heavy atom. The van der Waals surface area contributed by atoms with Gasteiger partial charge in [0.05, 0.1) is 24.7 Å². The van der Waals surface area contributed by atoms with Crippen molar-refractivity contribution < 1.29 is 23.8 Å². The first-order valence-electron chi connectivity index (χ1n) is 9.02. The van der Waals surface area contributed by atoms with Crippen LogP contribution in [0.5, 0.6) is 0 Å². The van der Waals surface area contributed by atoms with Gasteiger partial charge in [0.2, 0.25) is 6.10 Å². The highest BCUT2D eigenvalue weighted by Gasteiger charge is 2.46. The molecule has 0 saturated carbocycles. The Morgan fingerprint density at radius 3 is 2.07 bits per heavy atom. The molecule has 2 aromatic rings. The lowest BCUT2D eigenvalue weighted by molar-refractivity contribution is -0.152. The molecule has 3 rings (SSSR count). The predicted molar refractivity (Wildman–Crippen MR) is 101 cm³/mol. The average Bonchev–Trinajstić information content (AvgIpc) is 3.10. The number of esters is 2. The third-order valence-corrected chi connectivity index (χ3v) is 4.31. The van der Waals surface area contributed by atoms with Crippen molar-refractivity contribution in [1.82, 2.24) is 0 Å². The lowest BCUT2D eigenvalue weighted by atomic mass is 9.86. The van der Waals surface area contributed by atoms with E-state index < -0.39 is 24.0 Å². The maximum Gasteiger partial charge on any atom is 0.348 e. The van der Waals surface area contributed by atoms with Crippen LogP contribution in [0, 0.1) is 0 Å². The van der Waals surface area contributed by atoms with Crippen LogP contribution >= 0.6 is 0 Å². The van der Waals surface area contributed by atoms with Gasteiger partial charge in [-0.25, -0.2) is 9.59 Å². The van der Waals surface area contributed by atoms with Crippen LogP contribution in [-0.2, 0) is 23.8 Å². The van der Waals surface area contributed by atoms with E-state index in [4.69, 9.17) is 14.2 Å². The van der Waals surface area contributed by atoms with E-state index in [2.05, 4.69) is 0 Å². The fourth-order valence-corrected chi connectivity index (χ4v) is 3.20. The Morgan fingerprint density at radius 1 is 0.889 bits per heavy atom. The van der Waals surface area contributed by atoms with E-state index in [1.165, 1.54) is 0 Å². The van der Waals surface area contributed by atoms with Crippen molar-refractivity contribution in [1.29, 1.82) is 0 Å². The van der Waals surface area contributed by atoms with Crippen molar-refractivity contribution in [2.24, 2.45) is 0 Å². The average molecular weight is 366 g/mol. The van der Waals surface area contributed by atoms with Crippen molar-refractivity contribution in [2.45, 2.75) is 25.9 Å². The van der Waals surface area contributed by atoms with Gasteiger partial charge in [0.25, 0.3) is 0 Å². The Balaban J connectivity index is 2.15. The van der Waals surface area contributed by atoms with Crippen LogP contribution in [0.25, 0.3) is 5.76 Å². The highest BCUT2D eigenvalue weighted by atomic mass is 16.6. The molecule has 1 aliphatic rings. The molecule has 5 nitrogen and oxygen atoms in total. The number of carbonyl (C=O) groups excluding carboxylic acids is 2. The first-order valence-corrected chi connectivity index (χ1v) is 9.02. The summed E-state index contributed by atoms with van der Waals surface area (Å²) in [7, 11) is 0. The van der Waals surface area contributed by atoms with Gasteiger partial charge in [-0.3, -0.25) is 0 Å². The fraction of sp³-hybridized carbons (Fsp3) is 0.273. The van der Waals surface area contributed by atoms with E-state index in [-0.39, 0.29) is 13.2 Å². The molecule has 0 saturated heterocycles. The summed E-state index contributed by atoms with van der Waals surface area (Å²) >= 11 is 0. The molecule has 1 aliphatic heterocycles. The van der Waals surface area contributed by atoms with Crippen LogP contribution in [0.2, 0.25) is 0 Å². The summed E-state index contributed by atoms with van der Waals surface area (Å²) in [4.78, 5) is 25.4. The van der Waals surface area contributed by atoms with Gasteiger partial charge in [-0.05, 0) is 19.4 Å². The van der Waals surface area contributed by atoms with Gasteiger partial charge in [0, 0.05) is 5.56 Å². The van der Waals surface area contributed by atoms with E-state index >= 15 is 0 Å². The second kappa shape index (κ2) is 8.54. The Bertz CT molecular complexity index is 826. The first kappa shape index (κ1) is 18.7. The molecule has 0 spiro atoms. The van der Waals surface area contributed by atoms with E-state index in [9.17, 15) is 9.59 Å². The lowest BCUT2D eigenvalue weighted by Crippen LogP contribution is -2.30. The standard InChI is InChI=1S/C22H22O5/c1-3-25-21(23)18-17(15-11-7-5-8-12-15)20(22(24)26-4-2)27-19(18)16-13-9-6-10-14-16/h5-14,17,20H,3-4H2,1-2H3/t17-,20-/m0/s1. The Labute approximate surface area is 158 Å². The Kier molecular flexibility index (Phi) is 5.91. The topological polar surface area (TPSA) is 61.8 Å². The largest absolute Gasteiger partial charge is 0.476 e. The minimum atomic E-state index is -0.943. The lowest BCUT2D eigenvalue weighted by Gasteiger charge is -2.19. The van der Waals surface area contributed by atoms with Gasteiger partial charge in [-0.15, -0.1) is 0 Å². The zero-order valence-electron chi connectivity index (χ0n) is 15.4. The van der Waals surface area contributed by atoms with Crippen molar-refractivity contribution in [3.63, 3.8) is 0 Å². The number of benzene rings is 2. The van der Waals surface area contributed by atoms with Gasteiger partial charge >= 0.3 is 11.9 Å². The zero-order valence-corrected chi connectivity index (χ0v) is 15.4. The second-order valence-corrected chi connectivity index (χ2v) is 6.01. The van der Waals surface area contributed by atoms with Gasteiger partial charge in [0.1, 0.15) is 5.76 Å². The first-order chi connectivity index (χ1) is 13.2. The van der Waals surface area contributed by atoms with Gasteiger partial charge < -0.3 is 14.2 Å². The molecule has 27 heavy (non-hydrogen) atoms. The third-order valence-electron chi connectivity index (χ3n) is 4.31. The highest BCUT2D eigenvalue weighted by molar-refractivity contribution is 6.01. The van der Waals surface area contributed by atoms with Crippen LogP contribution in [-0.4, -0.2) is 31.3 Å². The van der Waals surface area contributed by atoms with Crippen LogP contribution in [0.3, 0.4) is 0 Å². The highest BCUT2D eigenvalue weighted by Crippen LogP contribution is 2.44. The molecule has 0 fully saturated rings. The van der Waals surface area contributed by atoms with Gasteiger partial charge in [-0.1, -0.05) is 60.7 Å². The van der Waals surface area contributed by atoms with Gasteiger partial charge in [-0.2, -0.15) is 0 Å². The van der Waals surface area contributed by atoms with E-state index in [1.807, 2.05) is 60.7 Å². The molecular formula is C22H22O5. The van der Waals surface area contributed by atoms with Crippen molar-refractivity contribution >= 4 is 17.7 Å². The summed E-state index contributed by atoms with van der Waals surface area (Å²) in [6.45, 7) is 3.95. The number of hydrogen-bond donors (Lipinski definition) is 0. The Hall–Kier alpha value is -3.08. The summed E-state index contributed by atoms with van der Waals surface area (Å²) in [5.41, 5.74) is 1.85. The quantitative estimate of drug-likeness (QED) is 0.730. The molecule has 0 amide bonds. The zero-order chi connectivity index (χ0) is 19.2. The summed E-state index contributed by atoms with van der Waals surface area (Å²) < 4.78 is 16.5. The van der Waals surface area contributed by atoms with Crippen LogP contribution < -0.4 is 0 Å². The van der Waals surface area contributed by atoms with E-state index in [0.29, 0.717) is 16.9 Å². The SMILES string of the molecule is CCOC(=O)C1=C(c2ccccc2)O[C@H](C(=O)OCC)[C@H]1c1ccccc1. The minimum Gasteiger partial charge on any atom is -0.476 e. The molecule has 0 unspecified atom stereocenters. The molecule has 0 aliphatic carbocycles. The number of rotatable bonds is 6. The maximum absolute atomic E-state index is 12.8. The molecule has 0 N–H and O–H groups in total. The van der Waals surface area contributed by atoms with Crippen molar-refractivity contribution in [3.8, 4) is 0 Å². The molecule has 0 aromatic heterocycles. The summed E-state index contributed by atoms with van der Waals surface area (Å²) in [5, 5.41) is 0. The smallest absolute Gasteiger partial charge is 0.348 e. The maximum atomic E-state index is 12.8. The summed E-state index contributed by atoms with van der Waals surface area (Å²) in [5.74, 6) is -1.23. The van der Waals surface area contributed by atoms with Crippen LogP contribution in [0.4, 0.5) is 0 Å². The fourth-order valence-electron chi connectivity index (χ4n) is 3.20.